The molecule has 0 atom stereocenters. The third-order valence-corrected chi connectivity index (χ3v) is 5.23. The van der Waals surface area contributed by atoms with Gasteiger partial charge in [-0.15, -0.1) is 26.2 Å². The van der Waals surface area contributed by atoms with Crippen molar-refractivity contribution in [3.8, 4) is 0 Å². The van der Waals surface area contributed by atoms with Gasteiger partial charge >= 0.3 is 0 Å². The number of carbonyl (C=O) groups excluding carboxylic acids is 4. The molecule has 0 aliphatic heterocycles. The van der Waals surface area contributed by atoms with E-state index >= 15 is 0 Å². The molecule has 0 heterocycles. The summed E-state index contributed by atoms with van der Waals surface area (Å²) >= 11 is 7.65. The molecule has 8 nitrogen and oxygen atoms in total. The molecule has 0 aromatic rings. The Hall–Kier alpha value is 1.62. The molecule has 30 heavy (non-hydrogen) atoms. The Balaban J connectivity index is -0.000000521. The van der Waals surface area contributed by atoms with Crippen LogP contribution in [0.5, 0.6) is 0 Å². The van der Waals surface area contributed by atoms with Gasteiger partial charge in [-0.05, 0) is 0 Å². The standard InChI is InChI=1S/C14H24N4O4S4.2B.2Y/c19-11(7-23)15-3-1-5-17-13(21)9-25-26-10-14(22)18-6-2-4-16-12(20)8-24;;;;/h1-2,23-24H,3-10H2,(H,15,19)(H,16,20)(H,17,21)(H,18,22);;;;/q-2;;;;. The van der Waals surface area contributed by atoms with Crippen LogP contribution in [0.15, 0.2) is 0 Å². The minimum Gasteiger partial charge on any atom is -0.385 e. The second-order valence-corrected chi connectivity index (χ2v) is 7.73. The summed E-state index contributed by atoms with van der Waals surface area (Å²) in [5.74, 6) is 0.106. The second-order valence-electron chi connectivity index (χ2n) is 4.63. The van der Waals surface area contributed by atoms with E-state index in [-0.39, 0.29) is 129 Å². The van der Waals surface area contributed by atoms with Crippen molar-refractivity contribution in [3.63, 3.8) is 0 Å². The Morgan fingerprint density at radius 2 is 0.867 bits per heavy atom. The molecule has 4 amide bonds. The van der Waals surface area contributed by atoms with Crippen LogP contribution in [0.3, 0.4) is 0 Å². The van der Waals surface area contributed by atoms with E-state index in [1.165, 1.54) is 21.6 Å². The zero-order valence-electron chi connectivity index (χ0n) is 16.5. The van der Waals surface area contributed by atoms with Crippen molar-refractivity contribution in [2.24, 2.45) is 0 Å². The van der Waals surface area contributed by atoms with Crippen LogP contribution < -0.4 is 21.3 Å². The van der Waals surface area contributed by atoms with Crippen molar-refractivity contribution >= 4 is 87.3 Å². The van der Waals surface area contributed by atoms with E-state index in [9.17, 15) is 19.2 Å². The first-order valence-electron chi connectivity index (χ1n) is 7.65. The van der Waals surface area contributed by atoms with Gasteiger partial charge in [0.25, 0.3) is 0 Å². The number of hydrogen-bond acceptors (Lipinski definition) is 8. The van der Waals surface area contributed by atoms with E-state index in [0.29, 0.717) is 26.2 Å². The summed E-state index contributed by atoms with van der Waals surface area (Å²) in [6.45, 7) is 1.46. The van der Waals surface area contributed by atoms with Crippen LogP contribution in [0, 0.1) is 12.8 Å². The maximum atomic E-state index is 11.6. The van der Waals surface area contributed by atoms with Crippen LogP contribution in [0.25, 0.3) is 0 Å². The molecule has 0 aromatic heterocycles. The zero-order chi connectivity index (χ0) is 19.6. The fraction of sp³-hybridized carbons (Fsp3) is 0.571. The molecule has 0 saturated carbocycles. The molecule has 16 heteroatoms. The van der Waals surface area contributed by atoms with Crippen molar-refractivity contribution < 1.29 is 84.6 Å². The topological polar surface area (TPSA) is 116 Å². The Kier molecular flexibility index (Phi) is 42.7. The van der Waals surface area contributed by atoms with Crippen LogP contribution in [0.2, 0.25) is 0 Å². The summed E-state index contributed by atoms with van der Waals surface area (Å²) in [7, 11) is 2.57. The zero-order valence-corrected chi connectivity index (χ0v) is 25.6. The van der Waals surface area contributed by atoms with Gasteiger partial charge in [0, 0.05) is 82.2 Å². The fourth-order valence-electron chi connectivity index (χ4n) is 1.29. The second kappa shape index (κ2) is 30.6. The molecular formula is C14H24B2N4O4S4Y2-2. The molecule has 0 spiro atoms. The first-order chi connectivity index (χ1) is 12.5. The molecule has 4 N–H and O–H groups in total. The smallest absolute Gasteiger partial charge is 0.228 e. The van der Waals surface area contributed by atoms with E-state index in [0.717, 1.165) is 0 Å². The van der Waals surface area contributed by atoms with Crippen molar-refractivity contribution in [1.29, 1.82) is 0 Å². The van der Waals surface area contributed by atoms with E-state index in [1.807, 2.05) is 0 Å². The van der Waals surface area contributed by atoms with Gasteiger partial charge in [0.1, 0.15) is 0 Å². The predicted molar refractivity (Wildman–Crippen MR) is 125 cm³/mol. The average Bonchev–Trinajstić information content (AvgIpc) is 2.64. The third kappa shape index (κ3) is 29.6. The fourth-order valence-corrected chi connectivity index (χ4v) is 3.24. The van der Waals surface area contributed by atoms with Gasteiger partial charge < -0.3 is 21.3 Å². The van der Waals surface area contributed by atoms with Gasteiger partial charge in [-0.3, -0.25) is 32.0 Å². The predicted octanol–water partition coefficient (Wildman–Crippen LogP) is -1.67. The van der Waals surface area contributed by atoms with Crippen LogP contribution in [-0.2, 0) is 84.6 Å². The maximum absolute atomic E-state index is 11.6. The number of carbonyl (C=O) groups is 4. The van der Waals surface area contributed by atoms with Gasteiger partial charge in [0.2, 0.25) is 23.6 Å². The first kappa shape index (κ1) is 41.8. The third-order valence-electron chi connectivity index (χ3n) is 2.52. The molecule has 162 valence electrons. The maximum Gasteiger partial charge on any atom is 0.228 e. The van der Waals surface area contributed by atoms with Gasteiger partial charge in [-0.1, -0.05) is 21.6 Å². The molecular weight excluding hydrogens is 616 g/mol. The van der Waals surface area contributed by atoms with E-state index in [2.05, 4.69) is 46.5 Å². The molecule has 0 aromatic carbocycles. The first-order valence-corrected chi connectivity index (χ1v) is 11.4. The number of thiol groups is 2. The van der Waals surface area contributed by atoms with Crippen LogP contribution in [-0.4, -0.2) is 89.6 Å². The van der Waals surface area contributed by atoms with Crippen molar-refractivity contribution in [1.82, 2.24) is 21.3 Å². The molecule has 8 radical (unpaired) electrons. The molecule has 0 fully saturated rings. The quantitative estimate of drug-likeness (QED) is 0.0420. The summed E-state index contributed by atoms with van der Waals surface area (Å²) in [5, 5.41) is 10.6. The summed E-state index contributed by atoms with van der Waals surface area (Å²) in [6, 6.07) is 0. The number of amides is 4. The minimum absolute atomic E-state index is 0. The van der Waals surface area contributed by atoms with Crippen molar-refractivity contribution in [2.75, 3.05) is 49.2 Å². The minimum atomic E-state index is -0.166. The van der Waals surface area contributed by atoms with Crippen LogP contribution in [0.4, 0.5) is 0 Å². The molecule has 0 saturated heterocycles. The van der Waals surface area contributed by atoms with Gasteiger partial charge in [-0.2, -0.15) is 25.3 Å². The normalized spacial score (nSPS) is 8.73. The molecule has 0 unspecified atom stereocenters. The van der Waals surface area contributed by atoms with Gasteiger partial charge in [0.05, 0.1) is 23.0 Å². The monoisotopic (exact) mass is 640 g/mol. The van der Waals surface area contributed by atoms with E-state index in [4.69, 9.17) is 0 Å². The van der Waals surface area contributed by atoms with Gasteiger partial charge in [0.15, 0.2) is 0 Å². The molecule has 0 bridgehead atoms. The Morgan fingerprint density at radius 1 is 0.600 bits per heavy atom. The van der Waals surface area contributed by atoms with Crippen LogP contribution >= 0.6 is 46.8 Å². The number of rotatable bonds is 15. The van der Waals surface area contributed by atoms with Gasteiger partial charge in [-0.25, -0.2) is 0 Å². The van der Waals surface area contributed by atoms with E-state index < -0.39 is 0 Å². The van der Waals surface area contributed by atoms with Crippen molar-refractivity contribution in [3.05, 3.63) is 12.8 Å². The van der Waals surface area contributed by atoms with Crippen LogP contribution in [0.1, 0.15) is 0 Å². The van der Waals surface area contributed by atoms with E-state index in [1.54, 1.807) is 12.8 Å². The summed E-state index contributed by atoms with van der Waals surface area (Å²) in [4.78, 5) is 45.0. The summed E-state index contributed by atoms with van der Waals surface area (Å²) in [6.07, 6.45) is 3.47. The average molecular weight is 640 g/mol. The molecule has 0 aliphatic rings. The van der Waals surface area contributed by atoms with Crippen molar-refractivity contribution in [2.45, 2.75) is 0 Å². The summed E-state index contributed by atoms with van der Waals surface area (Å²) < 4.78 is 0. The Morgan fingerprint density at radius 3 is 1.13 bits per heavy atom. The molecule has 0 aliphatic carbocycles. The molecule has 0 rings (SSSR count). The Labute approximate surface area is 252 Å². The Bertz CT molecular complexity index is 436. The SMILES string of the molecule is O=C(CS)NC[CH-]CNC(=O)CSSCC(=O)NC[CH-]CNC(=O)CS.[B].[B].[Y].[Y]. The number of nitrogens with one attached hydrogen (secondary N) is 4. The summed E-state index contributed by atoms with van der Waals surface area (Å²) in [5.41, 5.74) is 0. The largest absolute Gasteiger partial charge is 0.385 e. The number of hydrogen-bond donors (Lipinski definition) is 6.